The normalized spacial score (nSPS) is 12.6. The second-order valence-corrected chi connectivity index (χ2v) is 4.65. The van der Waals surface area contributed by atoms with E-state index in [4.69, 9.17) is 39.5 Å². The van der Waals surface area contributed by atoms with Crippen LogP contribution in [-0.2, 0) is 4.74 Å². The van der Waals surface area contributed by atoms with Gasteiger partial charge in [0.25, 0.3) is 0 Å². The van der Waals surface area contributed by atoms with Crippen molar-refractivity contribution in [2.24, 2.45) is 0 Å². The number of hydrogen-bond donors (Lipinski definition) is 0. The van der Waals surface area contributed by atoms with Gasteiger partial charge in [-0.2, -0.15) is 0 Å². The molecular weight excluding hydrogens is 270 g/mol. The average Bonchev–Trinajstić information content (AvgIpc) is 2.23. The van der Waals surface area contributed by atoms with Crippen molar-refractivity contribution in [2.45, 2.75) is 13.0 Å². The fourth-order valence-corrected chi connectivity index (χ4v) is 1.87. The topological polar surface area (TPSA) is 25.4 Å². The predicted octanol–water partition coefficient (Wildman–Crippen LogP) is 3.51. The highest BCUT2D eigenvalue weighted by atomic mass is 35.5. The number of ether oxygens (including phenoxy) is 1. The van der Waals surface area contributed by atoms with Crippen LogP contribution in [0, 0.1) is 0 Å². The van der Waals surface area contributed by atoms with E-state index in [0.29, 0.717) is 22.5 Å². The highest BCUT2D eigenvalue weighted by Gasteiger charge is 2.16. The Balaban J connectivity index is 2.99. The van der Waals surface area contributed by atoms with Crippen molar-refractivity contribution < 1.29 is 4.74 Å². The molecule has 1 aromatic rings. The number of halogens is 3. The van der Waals surface area contributed by atoms with Crippen molar-refractivity contribution in [3.63, 3.8) is 0 Å². The van der Waals surface area contributed by atoms with Crippen LogP contribution in [0.3, 0.4) is 0 Å². The molecule has 1 unspecified atom stereocenters. The molecule has 16 heavy (non-hydrogen) atoms. The highest BCUT2D eigenvalue weighted by Crippen LogP contribution is 2.31. The first-order valence-corrected chi connectivity index (χ1v) is 5.84. The predicted molar refractivity (Wildman–Crippen MR) is 69.0 cm³/mol. The molecule has 0 fully saturated rings. The minimum Gasteiger partial charge on any atom is -0.383 e. The molecule has 0 spiro atoms. The summed E-state index contributed by atoms with van der Waals surface area (Å²) in [5, 5.41) is 1.07. The number of likely N-dealkylation sites (N-methyl/N-ethyl adjacent to an activating group) is 1. The lowest BCUT2D eigenvalue weighted by molar-refractivity contribution is 0.183. The van der Waals surface area contributed by atoms with Crippen LogP contribution in [0.4, 0.5) is 5.82 Å². The highest BCUT2D eigenvalue weighted by molar-refractivity contribution is 6.42. The SMILES string of the molecule is COCC(C)N(C)c1nc(Cl)c(Cl)cc1Cl. The molecule has 0 aliphatic carbocycles. The molecule has 0 N–H and O–H groups in total. The number of anilines is 1. The minimum atomic E-state index is 0.146. The van der Waals surface area contributed by atoms with Crippen molar-refractivity contribution in [1.29, 1.82) is 0 Å². The van der Waals surface area contributed by atoms with Gasteiger partial charge in [-0.05, 0) is 13.0 Å². The van der Waals surface area contributed by atoms with Gasteiger partial charge in [0.2, 0.25) is 0 Å². The third-order valence-corrected chi connectivity index (χ3v) is 3.22. The van der Waals surface area contributed by atoms with E-state index >= 15 is 0 Å². The molecule has 0 aliphatic rings. The first-order chi connectivity index (χ1) is 7.47. The third kappa shape index (κ3) is 3.14. The van der Waals surface area contributed by atoms with Crippen LogP contribution in [-0.4, -0.2) is 31.8 Å². The summed E-state index contributed by atoms with van der Waals surface area (Å²) in [6, 6.07) is 1.73. The molecule has 0 aromatic carbocycles. The number of rotatable bonds is 4. The van der Waals surface area contributed by atoms with Crippen LogP contribution in [0.1, 0.15) is 6.92 Å². The molecule has 0 saturated carbocycles. The maximum atomic E-state index is 6.05. The van der Waals surface area contributed by atoms with Crippen molar-refractivity contribution in [2.75, 3.05) is 25.7 Å². The lowest BCUT2D eigenvalue weighted by Gasteiger charge is -2.26. The van der Waals surface area contributed by atoms with E-state index in [0.717, 1.165) is 0 Å². The van der Waals surface area contributed by atoms with Crippen LogP contribution in [0.25, 0.3) is 0 Å². The second kappa shape index (κ2) is 5.92. The van der Waals surface area contributed by atoms with Crippen LogP contribution in [0.15, 0.2) is 6.07 Å². The molecular formula is C10H13Cl3N2O. The summed E-state index contributed by atoms with van der Waals surface area (Å²) in [7, 11) is 3.52. The Morgan fingerprint density at radius 2 is 2.00 bits per heavy atom. The lowest BCUT2D eigenvalue weighted by atomic mass is 10.3. The molecule has 0 bridgehead atoms. The smallest absolute Gasteiger partial charge is 0.150 e. The number of hydrogen-bond acceptors (Lipinski definition) is 3. The molecule has 0 amide bonds. The number of nitrogens with zero attached hydrogens (tertiary/aromatic N) is 2. The zero-order valence-corrected chi connectivity index (χ0v) is 11.6. The van der Waals surface area contributed by atoms with Crippen LogP contribution in [0.2, 0.25) is 15.2 Å². The van der Waals surface area contributed by atoms with E-state index in [1.807, 2.05) is 18.9 Å². The molecule has 0 radical (unpaired) electrons. The number of aromatic nitrogens is 1. The maximum Gasteiger partial charge on any atom is 0.150 e. The van der Waals surface area contributed by atoms with Gasteiger partial charge < -0.3 is 9.64 Å². The first kappa shape index (κ1) is 13.8. The number of pyridine rings is 1. The monoisotopic (exact) mass is 282 g/mol. The maximum absolute atomic E-state index is 6.05. The van der Waals surface area contributed by atoms with Gasteiger partial charge in [-0.1, -0.05) is 34.8 Å². The van der Waals surface area contributed by atoms with Gasteiger partial charge in [0.1, 0.15) is 11.0 Å². The largest absolute Gasteiger partial charge is 0.383 e. The Kier molecular flexibility index (Phi) is 5.12. The van der Waals surface area contributed by atoms with Gasteiger partial charge in [0.05, 0.1) is 22.7 Å². The van der Waals surface area contributed by atoms with Crippen LogP contribution >= 0.6 is 34.8 Å². The fourth-order valence-electron chi connectivity index (χ4n) is 1.24. The van der Waals surface area contributed by atoms with E-state index in [-0.39, 0.29) is 11.2 Å². The zero-order valence-electron chi connectivity index (χ0n) is 9.30. The first-order valence-electron chi connectivity index (χ1n) is 4.70. The minimum absolute atomic E-state index is 0.146. The summed E-state index contributed by atoms with van der Waals surface area (Å²) in [6.07, 6.45) is 0. The van der Waals surface area contributed by atoms with E-state index in [1.165, 1.54) is 0 Å². The van der Waals surface area contributed by atoms with Gasteiger partial charge in [0.15, 0.2) is 0 Å². The Hall–Kier alpha value is -0.220. The Labute approximate surface area is 110 Å². The standard InChI is InChI=1S/C10H13Cl3N2O/c1-6(5-16-3)15(2)10-8(12)4-7(11)9(13)14-10/h4,6H,5H2,1-3H3. The van der Waals surface area contributed by atoms with Crippen molar-refractivity contribution in [1.82, 2.24) is 4.98 Å². The quantitative estimate of drug-likeness (QED) is 0.791. The molecule has 6 heteroatoms. The van der Waals surface area contributed by atoms with E-state index in [2.05, 4.69) is 4.98 Å². The van der Waals surface area contributed by atoms with Crippen LogP contribution < -0.4 is 4.90 Å². The average molecular weight is 284 g/mol. The molecule has 90 valence electrons. The van der Waals surface area contributed by atoms with E-state index in [1.54, 1.807) is 13.2 Å². The lowest BCUT2D eigenvalue weighted by Crippen LogP contribution is -2.33. The molecule has 1 rings (SSSR count). The number of methoxy groups -OCH3 is 1. The molecule has 1 heterocycles. The Bertz CT molecular complexity index is 373. The second-order valence-electron chi connectivity index (χ2n) is 3.48. The van der Waals surface area contributed by atoms with Crippen LogP contribution in [0.5, 0.6) is 0 Å². The summed E-state index contributed by atoms with van der Waals surface area (Å²) in [5.74, 6) is 0.598. The van der Waals surface area contributed by atoms with Gasteiger partial charge in [-0.3, -0.25) is 0 Å². The molecule has 1 atom stereocenters. The van der Waals surface area contributed by atoms with Gasteiger partial charge in [0, 0.05) is 14.2 Å². The summed E-state index contributed by atoms with van der Waals surface area (Å²) in [6.45, 7) is 2.58. The summed E-state index contributed by atoms with van der Waals surface area (Å²) < 4.78 is 5.07. The Morgan fingerprint density at radius 3 is 2.56 bits per heavy atom. The van der Waals surface area contributed by atoms with Gasteiger partial charge in [-0.15, -0.1) is 0 Å². The van der Waals surface area contributed by atoms with Crippen molar-refractivity contribution >= 4 is 40.6 Å². The van der Waals surface area contributed by atoms with Gasteiger partial charge >= 0.3 is 0 Å². The molecule has 3 nitrogen and oxygen atoms in total. The third-order valence-electron chi connectivity index (χ3n) is 2.27. The zero-order chi connectivity index (χ0) is 12.3. The summed E-state index contributed by atoms with van der Waals surface area (Å²) in [4.78, 5) is 6.04. The van der Waals surface area contributed by atoms with E-state index < -0.39 is 0 Å². The van der Waals surface area contributed by atoms with Gasteiger partial charge in [-0.25, -0.2) is 4.98 Å². The van der Waals surface area contributed by atoms with E-state index in [9.17, 15) is 0 Å². The van der Waals surface area contributed by atoms with Crippen molar-refractivity contribution in [3.8, 4) is 0 Å². The molecule has 0 aliphatic heterocycles. The summed E-state index contributed by atoms with van der Waals surface area (Å²) >= 11 is 17.7. The molecule has 1 aromatic heterocycles. The summed E-state index contributed by atoms with van der Waals surface area (Å²) in [5.41, 5.74) is 0. The Morgan fingerprint density at radius 1 is 1.38 bits per heavy atom. The fraction of sp³-hybridized carbons (Fsp3) is 0.500. The van der Waals surface area contributed by atoms with Crippen molar-refractivity contribution in [3.05, 3.63) is 21.3 Å². The molecule has 0 saturated heterocycles.